The summed E-state index contributed by atoms with van der Waals surface area (Å²) in [5.41, 5.74) is 1.02. The molecule has 1 aromatic carbocycles. The van der Waals surface area contributed by atoms with Gasteiger partial charge in [-0.15, -0.1) is 5.10 Å². The Bertz CT molecular complexity index is 666. The number of aromatic nitrogens is 3. The zero-order chi connectivity index (χ0) is 16.2. The summed E-state index contributed by atoms with van der Waals surface area (Å²) >= 11 is 1.42. The van der Waals surface area contributed by atoms with Gasteiger partial charge >= 0.3 is 0 Å². The third kappa shape index (κ3) is 3.93. The van der Waals surface area contributed by atoms with Crippen molar-refractivity contribution >= 4 is 17.7 Å². The van der Waals surface area contributed by atoms with Crippen molar-refractivity contribution in [3.8, 4) is 5.69 Å². The topological polar surface area (TPSA) is 59.8 Å². The molecule has 23 heavy (non-hydrogen) atoms. The molecule has 0 unspecified atom stereocenters. The Balaban J connectivity index is 1.77. The largest absolute Gasteiger partial charge is 0.355 e. The molecule has 0 bridgehead atoms. The van der Waals surface area contributed by atoms with Gasteiger partial charge in [0.1, 0.15) is 5.82 Å². The van der Waals surface area contributed by atoms with E-state index >= 15 is 0 Å². The summed E-state index contributed by atoms with van der Waals surface area (Å²) in [4.78, 5) is 16.7. The van der Waals surface area contributed by atoms with E-state index in [1.54, 1.807) is 0 Å². The molecule has 1 N–H and O–H groups in total. The van der Waals surface area contributed by atoms with Gasteiger partial charge in [0.15, 0.2) is 0 Å². The van der Waals surface area contributed by atoms with Crippen molar-refractivity contribution in [3.05, 3.63) is 36.2 Å². The third-order valence-corrected chi connectivity index (χ3v) is 4.71. The van der Waals surface area contributed by atoms with Gasteiger partial charge in [0.05, 0.1) is 10.9 Å². The van der Waals surface area contributed by atoms with E-state index in [2.05, 4.69) is 15.4 Å². The first-order valence-corrected chi connectivity index (χ1v) is 9.03. The van der Waals surface area contributed by atoms with Gasteiger partial charge in [-0.05, 0) is 38.3 Å². The van der Waals surface area contributed by atoms with Gasteiger partial charge < -0.3 is 5.32 Å². The minimum atomic E-state index is -0.194. The Morgan fingerprint density at radius 1 is 1.39 bits per heavy atom. The number of thioether (sulfide) groups is 1. The number of carbonyl (C=O) groups excluding carboxylic acids is 1. The maximum atomic E-state index is 12.0. The molecule has 122 valence electrons. The normalized spacial score (nSPS) is 15.4. The van der Waals surface area contributed by atoms with Gasteiger partial charge in [0.2, 0.25) is 11.1 Å². The van der Waals surface area contributed by atoms with Crippen LogP contribution in [0.15, 0.2) is 35.5 Å². The minimum absolute atomic E-state index is 0.0425. The van der Waals surface area contributed by atoms with Gasteiger partial charge in [-0.2, -0.15) is 0 Å². The molecule has 0 radical (unpaired) electrons. The number of nitrogens with one attached hydrogen (secondary N) is 1. The van der Waals surface area contributed by atoms with Crippen LogP contribution in [0.25, 0.3) is 5.69 Å². The van der Waals surface area contributed by atoms with Crippen LogP contribution in [0.2, 0.25) is 0 Å². The van der Waals surface area contributed by atoms with Gasteiger partial charge in [0, 0.05) is 12.5 Å². The molecule has 1 aromatic heterocycles. The highest BCUT2D eigenvalue weighted by molar-refractivity contribution is 8.00. The van der Waals surface area contributed by atoms with Gasteiger partial charge in [0.25, 0.3) is 0 Å². The summed E-state index contributed by atoms with van der Waals surface area (Å²) in [7, 11) is 0. The number of hydrogen-bond acceptors (Lipinski definition) is 4. The highest BCUT2D eigenvalue weighted by atomic mass is 32.2. The molecule has 1 amide bonds. The van der Waals surface area contributed by atoms with Crippen molar-refractivity contribution in [2.45, 2.75) is 49.4 Å². The van der Waals surface area contributed by atoms with Crippen molar-refractivity contribution < 1.29 is 4.79 Å². The van der Waals surface area contributed by atoms with E-state index in [0.29, 0.717) is 17.6 Å². The van der Waals surface area contributed by atoms with Crippen molar-refractivity contribution in [2.24, 2.45) is 0 Å². The lowest BCUT2D eigenvalue weighted by atomic mass is 10.3. The predicted molar refractivity (Wildman–Crippen MR) is 92.0 cm³/mol. The van der Waals surface area contributed by atoms with Gasteiger partial charge in [-0.25, -0.2) is 9.67 Å². The molecule has 0 spiro atoms. The number of benzene rings is 1. The highest BCUT2D eigenvalue weighted by Crippen LogP contribution is 2.40. The lowest BCUT2D eigenvalue weighted by Crippen LogP contribution is -2.31. The zero-order valence-corrected chi connectivity index (χ0v) is 14.3. The Hall–Kier alpha value is -1.82. The Kier molecular flexibility index (Phi) is 5.00. The molecule has 1 aliphatic carbocycles. The number of nitrogens with zero attached hydrogens (tertiary/aromatic N) is 3. The number of para-hydroxylation sites is 1. The van der Waals surface area contributed by atoms with Crippen LogP contribution in [-0.2, 0) is 4.79 Å². The standard InChI is InChI=1S/C17H22N4OS/c1-3-11-18-16(22)12(2)23-17-19-15(13-9-10-13)21(20-17)14-7-5-4-6-8-14/h4-8,12-13H,3,9-11H2,1-2H3,(H,18,22)/t12-/m1/s1. The quantitative estimate of drug-likeness (QED) is 0.792. The molecule has 1 fully saturated rings. The van der Waals surface area contributed by atoms with E-state index in [4.69, 9.17) is 0 Å². The number of carbonyl (C=O) groups is 1. The average Bonchev–Trinajstić information content (AvgIpc) is 3.34. The summed E-state index contributed by atoms with van der Waals surface area (Å²) in [6.45, 7) is 4.65. The van der Waals surface area contributed by atoms with Crippen molar-refractivity contribution in [1.82, 2.24) is 20.1 Å². The first kappa shape index (κ1) is 16.1. The van der Waals surface area contributed by atoms with Crippen molar-refractivity contribution in [1.29, 1.82) is 0 Å². The van der Waals surface area contributed by atoms with Crippen LogP contribution in [-0.4, -0.2) is 32.5 Å². The van der Waals surface area contributed by atoms with E-state index in [1.807, 2.05) is 48.9 Å². The maximum absolute atomic E-state index is 12.0. The molecule has 1 heterocycles. The van der Waals surface area contributed by atoms with E-state index in [-0.39, 0.29) is 11.2 Å². The molecule has 1 aliphatic rings. The first-order chi connectivity index (χ1) is 11.2. The molecule has 0 aliphatic heterocycles. The van der Waals surface area contributed by atoms with E-state index < -0.39 is 0 Å². The maximum Gasteiger partial charge on any atom is 0.233 e. The molecular formula is C17H22N4OS. The summed E-state index contributed by atoms with van der Waals surface area (Å²) < 4.78 is 1.93. The van der Waals surface area contributed by atoms with Crippen LogP contribution < -0.4 is 5.32 Å². The first-order valence-electron chi connectivity index (χ1n) is 8.15. The summed E-state index contributed by atoms with van der Waals surface area (Å²) in [6.07, 6.45) is 3.28. The van der Waals surface area contributed by atoms with Crippen LogP contribution in [0.3, 0.4) is 0 Å². The minimum Gasteiger partial charge on any atom is -0.355 e. The lowest BCUT2D eigenvalue weighted by molar-refractivity contribution is -0.120. The third-order valence-electron chi connectivity index (χ3n) is 3.76. The molecule has 5 nitrogen and oxygen atoms in total. The SMILES string of the molecule is CCCNC(=O)[C@@H](C)Sc1nc(C2CC2)n(-c2ccccc2)n1. The molecule has 3 rings (SSSR count). The highest BCUT2D eigenvalue weighted by Gasteiger charge is 2.31. The predicted octanol–water partition coefficient (Wildman–Crippen LogP) is 3.15. The number of hydrogen-bond donors (Lipinski definition) is 1. The van der Waals surface area contributed by atoms with Crippen molar-refractivity contribution in [3.63, 3.8) is 0 Å². The molecule has 6 heteroatoms. The summed E-state index contributed by atoms with van der Waals surface area (Å²) in [5.74, 6) is 1.56. The smallest absolute Gasteiger partial charge is 0.233 e. The van der Waals surface area contributed by atoms with E-state index in [0.717, 1.165) is 17.9 Å². The average molecular weight is 330 g/mol. The summed E-state index contributed by atoms with van der Waals surface area (Å²) in [6, 6.07) is 10.1. The Labute approximate surface area is 140 Å². The fourth-order valence-corrected chi connectivity index (χ4v) is 3.10. The molecule has 0 saturated heterocycles. The van der Waals surface area contributed by atoms with Crippen LogP contribution in [0.4, 0.5) is 0 Å². The summed E-state index contributed by atoms with van der Waals surface area (Å²) in [5, 5.41) is 8.03. The van der Waals surface area contributed by atoms with E-state index in [9.17, 15) is 4.79 Å². The van der Waals surface area contributed by atoms with Crippen molar-refractivity contribution in [2.75, 3.05) is 6.54 Å². The fraction of sp³-hybridized carbons (Fsp3) is 0.471. The molecule has 1 saturated carbocycles. The number of amides is 1. The van der Waals surface area contributed by atoms with Gasteiger partial charge in [-0.3, -0.25) is 4.79 Å². The molecule has 2 aromatic rings. The van der Waals surface area contributed by atoms with Crippen LogP contribution in [0, 0.1) is 0 Å². The molecular weight excluding hydrogens is 308 g/mol. The fourth-order valence-electron chi connectivity index (χ4n) is 2.32. The second-order valence-electron chi connectivity index (χ2n) is 5.83. The van der Waals surface area contributed by atoms with Gasteiger partial charge in [-0.1, -0.05) is 36.9 Å². The lowest BCUT2D eigenvalue weighted by Gasteiger charge is -2.08. The van der Waals surface area contributed by atoms with Crippen LogP contribution >= 0.6 is 11.8 Å². The Morgan fingerprint density at radius 3 is 2.78 bits per heavy atom. The Morgan fingerprint density at radius 2 is 2.13 bits per heavy atom. The second kappa shape index (κ2) is 7.17. The number of rotatable bonds is 7. The van der Waals surface area contributed by atoms with E-state index in [1.165, 1.54) is 24.6 Å². The monoisotopic (exact) mass is 330 g/mol. The van der Waals surface area contributed by atoms with Crippen LogP contribution in [0.1, 0.15) is 44.9 Å². The second-order valence-corrected chi connectivity index (χ2v) is 7.13. The molecule has 1 atom stereocenters. The zero-order valence-electron chi connectivity index (χ0n) is 13.5. The van der Waals surface area contributed by atoms with Crippen LogP contribution in [0.5, 0.6) is 0 Å².